The molecule has 0 atom stereocenters. The maximum Gasteiger partial charge on any atom is 0.399 e. The van der Waals surface area contributed by atoms with Gasteiger partial charge in [-0.2, -0.15) is 26.3 Å². The molecule has 0 fully saturated rings. The third kappa shape index (κ3) is 6.52. The van der Waals surface area contributed by atoms with Gasteiger partial charge in [0.25, 0.3) is 7.37 Å². The van der Waals surface area contributed by atoms with Gasteiger partial charge in [-0.3, -0.25) is 4.57 Å². The molecule has 0 aromatic heterocycles. The van der Waals surface area contributed by atoms with Crippen LogP contribution in [-0.2, 0) is 4.57 Å². The Morgan fingerprint density at radius 1 is 0.895 bits per heavy atom. The average Bonchev–Trinajstić information content (AvgIpc) is 2.11. The molecule has 0 spiro atoms. The van der Waals surface area contributed by atoms with Crippen molar-refractivity contribution in [3.05, 3.63) is 30.3 Å². The van der Waals surface area contributed by atoms with Gasteiger partial charge in [-0.05, 0) is 12.1 Å². The SMILES string of the molecule is O=P(CC(F)(F)F)(CC(F)(F)F)Oc1ccccc1. The van der Waals surface area contributed by atoms with Gasteiger partial charge in [0.2, 0.25) is 0 Å². The summed E-state index contributed by atoms with van der Waals surface area (Å²) in [5.74, 6) is -0.292. The van der Waals surface area contributed by atoms with Crippen molar-refractivity contribution in [1.82, 2.24) is 0 Å². The van der Waals surface area contributed by atoms with Crippen molar-refractivity contribution in [3.8, 4) is 5.75 Å². The smallest absolute Gasteiger partial charge is 0.399 e. The first kappa shape index (κ1) is 15.9. The summed E-state index contributed by atoms with van der Waals surface area (Å²) >= 11 is 0. The summed E-state index contributed by atoms with van der Waals surface area (Å²) in [6.07, 6.45) is -14.2. The zero-order valence-corrected chi connectivity index (χ0v) is 10.2. The topological polar surface area (TPSA) is 26.3 Å². The van der Waals surface area contributed by atoms with Gasteiger partial charge in [-0.1, -0.05) is 18.2 Å². The van der Waals surface area contributed by atoms with E-state index in [-0.39, 0.29) is 5.75 Å². The van der Waals surface area contributed by atoms with Gasteiger partial charge in [-0.25, -0.2) is 0 Å². The van der Waals surface area contributed by atoms with E-state index in [2.05, 4.69) is 4.52 Å². The summed E-state index contributed by atoms with van der Waals surface area (Å²) in [5, 5.41) is 0. The highest BCUT2D eigenvalue weighted by molar-refractivity contribution is 7.59. The number of halogens is 6. The van der Waals surface area contributed by atoms with E-state index < -0.39 is 32.0 Å². The van der Waals surface area contributed by atoms with Crippen molar-refractivity contribution in [2.24, 2.45) is 0 Å². The molecule has 0 saturated heterocycles. The highest BCUT2D eigenvalue weighted by Crippen LogP contribution is 2.53. The van der Waals surface area contributed by atoms with Crippen LogP contribution in [0.5, 0.6) is 5.75 Å². The first-order valence-electron chi connectivity index (χ1n) is 4.95. The van der Waals surface area contributed by atoms with E-state index >= 15 is 0 Å². The van der Waals surface area contributed by atoms with Crippen molar-refractivity contribution in [2.75, 3.05) is 12.3 Å². The fourth-order valence-corrected chi connectivity index (χ4v) is 3.18. The molecule has 1 aromatic carbocycles. The molecule has 0 N–H and O–H groups in total. The Kier molecular flexibility index (Phi) is 4.55. The van der Waals surface area contributed by atoms with Crippen molar-refractivity contribution in [3.63, 3.8) is 0 Å². The highest BCUT2D eigenvalue weighted by atomic mass is 31.2. The predicted molar refractivity (Wildman–Crippen MR) is 56.5 cm³/mol. The third-order valence-corrected chi connectivity index (χ3v) is 4.08. The van der Waals surface area contributed by atoms with Crippen LogP contribution in [0.15, 0.2) is 30.3 Å². The van der Waals surface area contributed by atoms with E-state index in [0.29, 0.717) is 0 Å². The van der Waals surface area contributed by atoms with Crippen LogP contribution in [0.2, 0.25) is 0 Å². The van der Waals surface area contributed by atoms with Gasteiger partial charge in [0.1, 0.15) is 18.1 Å². The molecular formula is C10H9F6O2P. The summed E-state index contributed by atoms with van der Waals surface area (Å²) in [4.78, 5) is 0. The number of hydrogen-bond donors (Lipinski definition) is 0. The quantitative estimate of drug-likeness (QED) is 0.606. The summed E-state index contributed by atoms with van der Waals surface area (Å²) < 4.78 is 89.5. The zero-order chi connectivity index (χ0) is 14.7. The molecule has 0 aliphatic rings. The van der Waals surface area contributed by atoms with Crippen LogP contribution in [0.4, 0.5) is 26.3 Å². The molecule has 1 rings (SSSR count). The van der Waals surface area contributed by atoms with Gasteiger partial charge in [0.05, 0.1) is 0 Å². The molecular weight excluding hydrogens is 297 g/mol. The van der Waals surface area contributed by atoms with E-state index in [1.807, 2.05) is 0 Å². The molecule has 2 nitrogen and oxygen atoms in total. The Morgan fingerprint density at radius 3 is 1.68 bits per heavy atom. The van der Waals surface area contributed by atoms with Crippen LogP contribution < -0.4 is 4.52 Å². The molecule has 0 saturated carbocycles. The van der Waals surface area contributed by atoms with Crippen LogP contribution in [0.3, 0.4) is 0 Å². The fourth-order valence-electron chi connectivity index (χ4n) is 1.34. The van der Waals surface area contributed by atoms with Crippen molar-refractivity contribution in [2.45, 2.75) is 12.4 Å². The lowest BCUT2D eigenvalue weighted by Gasteiger charge is -2.22. The van der Waals surface area contributed by atoms with E-state index in [1.54, 1.807) is 0 Å². The van der Waals surface area contributed by atoms with Crippen molar-refractivity contribution >= 4 is 7.37 Å². The van der Waals surface area contributed by atoms with Gasteiger partial charge in [0.15, 0.2) is 0 Å². The molecule has 0 aliphatic heterocycles. The third-order valence-electron chi connectivity index (χ3n) is 1.86. The number of benzene rings is 1. The number of rotatable bonds is 4. The monoisotopic (exact) mass is 306 g/mol. The first-order chi connectivity index (χ1) is 8.49. The van der Waals surface area contributed by atoms with Crippen LogP contribution in [0.1, 0.15) is 0 Å². The maximum absolute atomic E-state index is 12.2. The van der Waals surface area contributed by atoms with Crippen LogP contribution in [-0.4, -0.2) is 24.7 Å². The van der Waals surface area contributed by atoms with Gasteiger partial charge >= 0.3 is 12.4 Å². The minimum atomic E-state index is -5.00. The predicted octanol–water partition coefficient (Wildman–Crippen LogP) is 4.47. The number of alkyl halides is 6. The summed E-state index contributed by atoms with van der Waals surface area (Å²) in [5.41, 5.74) is 0. The lowest BCUT2D eigenvalue weighted by molar-refractivity contribution is -0.114. The minimum Gasteiger partial charge on any atom is -0.442 e. The van der Waals surface area contributed by atoms with Gasteiger partial charge in [-0.15, -0.1) is 0 Å². The van der Waals surface area contributed by atoms with Crippen LogP contribution in [0, 0.1) is 0 Å². The molecule has 0 heterocycles. The Labute approximate surface area is 104 Å². The second-order valence-corrected chi connectivity index (χ2v) is 6.21. The lowest BCUT2D eigenvalue weighted by atomic mass is 10.3. The van der Waals surface area contributed by atoms with Crippen LogP contribution >= 0.6 is 7.37 Å². The van der Waals surface area contributed by atoms with Gasteiger partial charge in [0, 0.05) is 0 Å². The van der Waals surface area contributed by atoms with E-state index in [9.17, 15) is 30.9 Å². The average molecular weight is 306 g/mol. The molecule has 0 unspecified atom stereocenters. The Hall–Kier alpha value is -1.17. The summed E-state index contributed by atoms with van der Waals surface area (Å²) in [6.45, 7) is 0. The molecule has 19 heavy (non-hydrogen) atoms. The van der Waals surface area contributed by atoms with Crippen LogP contribution in [0.25, 0.3) is 0 Å². The Bertz CT molecular complexity index is 433. The minimum absolute atomic E-state index is 0.292. The van der Waals surface area contributed by atoms with E-state index in [0.717, 1.165) is 12.1 Å². The first-order valence-corrected chi connectivity index (χ1v) is 6.95. The Morgan fingerprint density at radius 2 is 1.32 bits per heavy atom. The second-order valence-electron chi connectivity index (χ2n) is 3.77. The molecule has 0 radical (unpaired) electrons. The normalized spacial score (nSPS) is 13.4. The second kappa shape index (κ2) is 5.45. The highest BCUT2D eigenvalue weighted by Gasteiger charge is 2.47. The van der Waals surface area contributed by atoms with Crippen molar-refractivity contribution in [1.29, 1.82) is 0 Å². The van der Waals surface area contributed by atoms with Gasteiger partial charge < -0.3 is 4.52 Å². The summed E-state index contributed by atoms with van der Waals surface area (Å²) in [6, 6.07) is 6.46. The molecule has 108 valence electrons. The zero-order valence-electron chi connectivity index (χ0n) is 9.33. The summed E-state index contributed by atoms with van der Waals surface area (Å²) in [7, 11) is -4.93. The van der Waals surface area contributed by atoms with Crippen molar-refractivity contribution < 1.29 is 35.4 Å². The molecule has 0 aliphatic carbocycles. The molecule has 9 heteroatoms. The standard InChI is InChI=1S/C10H9F6O2P/c11-9(12,13)6-19(17,7-10(14,15)16)18-8-4-2-1-3-5-8/h1-5H,6-7H2. The maximum atomic E-state index is 12.2. The molecule has 0 bridgehead atoms. The fraction of sp³-hybridized carbons (Fsp3) is 0.400. The number of hydrogen-bond acceptors (Lipinski definition) is 2. The Balaban J connectivity index is 2.96. The van der Waals surface area contributed by atoms with E-state index in [4.69, 9.17) is 0 Å². The molecule has 0 amide bonds. The number of para-hydroxylation sites is 1. The van der Waals surface area contributed by atoms with E-state index in [1.165, 1.54) is 18.2 Å². The molecule has 1 aromatic rings. The lowest BCUT2D eigenvalue weighted by Crippen LogP contribution is -2.24. The largest absolute Gasteiger partial charge is 0.442 e.